The van der Waals surface area contributed by atoms with Crippen molar-refractivity contribution in [2.75, 3.05) is 13.7 Å². The number of carbonyl (C=O) groups is 1. The van der Waals surface area contributed by atoms with Crippen LogP contribution in [0.5, 0.6) is 5.75 Å². The number of rotatable bonds is 7. The summed E-state index contributed by atoms with van der Waals surface area (Å²) in [5.74, 6) is 1.61. The Morgan fingerprint density at radius 1 is 1.06 bits per heavy atom. The fourth-order valence-electron chi connectivity index (χ4n) is 3.76. The number of carbonyl (C=O) groups excluding carboxylic acids is 1. The first kappa shape index (κ1) is 20.6. The van der Waals surface area contributed by atoms with Gasteiger partial charge in [-0.15, -0.1) is 0 Å². The lowest BCUT2D eigenvalue weighted by molar-refractivity contribution is 0.0779. The Morgan fingerprint density at radius 2 is 1.84 bits per heavy atom. The molecule has 0 bridgehead atoms. The zero-order valence-electron chi connectivity index (χ0n) is 18.1. The van der Waals surface area contributed by atoms with Crippen LogP contribution in [0, 0.1) is 13.8 Å². The van der Waals surface area contributed by atoms with Gasteiger partial charge < -0.3 is 14.2 Å². The van der Waals surface area contributed by atoms with Crippen LogP contribution < -0.4 is 4.74 Å². The summed E-state index contributed by atoms with van der Waals surface area (Å²) < 4.78 is 8.16. The summed E-state index contributed by atoms with van der Waals surface area (Å²) in [4.78, 5) is 23.3. The van der Waals surface area contributed by atoms with Gasteiger partial charge in [0.15, 0.2) is 0 Å². The van der Waals surface area contributed by atoms with E-state index in [0.29, 0.717) is 25.3 Å². The molecule has 0 atom stereocenters. The van der Waals surface area contributed by atoms with Crippen LogP contribution in [0.3, 0.4) is 0 Å². The second kappa shape index (κ2) is 9.00. The average molecular weight is 415 g/mol. The van der Waals surface area contributed by atoms with E-state index in [-0.39, 0.29) is 5.91 Å². The Labute approximate surface area is 182 Å². The predicted molar refractivity (Wildman–Crippen MR) is 121 cm³/mol. The first-order valence-corrected chi connectivity index (χ1v) is 10.3. The fourth-order valence-corrected chi connectivity index (χ4v) is 3.76. The standard InChI is InChI=1S/C25H26N4O2/c1-18-13-19(2)15-21(14-18)31-12-11-29-23-9-5-4-8-22(23)27-24(29)17-28(3)25(30)20-7-6-10-26-16-20/h4-10,13-16H,11-12,17H2,1-3H3. The number of pyridine rings is 1. The van der Waals surface area contributed by atoms with Crippen molar-refractivity contribution in [3.8, 4) is 5.75 Å². The second-order valence-electron chi connectivity index (χ2n) is 7.74. The zero-order valence-corrected chi connectivity index (χ0v) is 18.1. The van der Waals surface area contributed by atoms with Gasteiger partial charge in [0.1, 0.15) is 18.2 Å². The lowest BCUT2D eigenvalue weighted by atomic mass is 10.1. The van der Waals surface area contributed by atoms with Gasteiger partial charge in [-0.05, 0) is 61.4 Å². The molecule has 2 aromatic heterocycles. The van der Waals surface area contributed by atoms with E-state index in [1.54, 1.807) is 36.5 Å². The van der Waals surface area contributed by atoms with Gasteiger partial charge in [0.2, 0.25) is 0 Å². The summed E-state index contributed by atoms with van der Waals surface area (Å²) in [5.41, 5.74) is 4.86. The van der Waals surface area contributed by atoms with Crippen LogP contribution in [0.2, 0.25) is 0 Å². The third kappa shape index (κ3) is 4.74. The van der Waals surface area contributed by atoms with Crippen LogP contribution in [-0.4, -0.2) is 39.0 Å². The van der Waals surface area contributed by atoms with E-state index < -0.39 is 0 Å². The molecule has 31 heavy (non-hydrogen) atoms. The Morgan fingerprint density at radius 3 is 2.58 bits per heavy atom. The van der Waals surface area contributed by atoms with Crippen molar-refractivity contribution in [3.05, 3.63) is 89.5 Å². The molecule has 4 aromatic rings. The van der Waals surface area contributed by atoms with Gasteiger partial charge in [-0.2, -0.15) is 0 Å². The summed E-state index contributed by atoms with van der Waals surface area (Å²) in [6.45, 7) is 5.67. The van der Waals surface area contributed by atoms with E-state index in [9.17, 15) is 4.79 Å². The van der Waals surface area contributed by atoms with Crippen LogP contribution in [-0.2, 0) is 13.1 Å². The van der Waals surface area contributed by atoms with Crippen molar-refractivity contribution >= 4 is 16.9 Å². The molecule has 0 unspecified atom stereocenters. The number of imidazole rings is 1. The maximum absolute atomic E-state index is 12.8. The molecule has 0 spiro atoms. The molecule has 158 valence electrons. The maximum Gasteiger partial charge on any atom is 0.255 e. The molecule has 0 fully saturated rings. The number of aryl methyl sites for hydroxylation is 2. The molecule has 0 radical (unpaired) electrons. The zero-order chi connectivity index (χ0) is 21.8. The molecular formula is C25H26N4O2. The summed E-state index contributed by atoms with van der Waals surface area (Å²) in [6, 6.07) is 17.8. The molecule has 2 aromatic carbocycles. The molecule has 0 N–H and O–H groups in total. The van der Waals surface area contributed by atoms with E-state index >= 15 is 0 Å². The Bertz CT molecular complexity index is 1180. The molecule has 6 nitrogen and oxygen atoms in total. The number of aromatic nitrogens is 3. The molecule has 0 saturated heterocycles. The highest BCUT2D eigenvalue weighted by Crippen LogP contribution is 2.19. The lowest BCUT2D eigenvalue weighted by Gasteiger charge is -2.18. The fraction of sp³-hybridized carbons (Fsp3) is 0.240. The van der Waals surface area contributed by atoms with Crippen molar-refractivity contribution in [2.24, 2.45) is 0 Å². The average Bonchev–Trinajstić information content (AvgIpc) is 3.10. The van der Waals surface area contributed by atoms with Crippen LogP contribution in [0.25, 0.3) is 11.0 Å². The van der Waals surface area contributed by atoms with Crippen molar-refractivity contribution in [3.63, 3.8) is 0 Å². The van der Waals surface area contributed by atoms with Crippen LogP contribution >= 0.6 is 0 Å². The quantitative estimate of drug-likeness (QED) is 0.450. The molecule has 0 aliphatic carbocycles. The number of benzene rings is 2. The molecule has 1 amide bonds. The number of nitrogens with zero attached hydrogens (tertiary/aromatic N) is 4. The molecule has 0 saturated carbocycles. The molecule has 0 aliphatic rings. The Balaban J connectivity index is 1.53. The molecule has 2 heterocycles. The highest BCUT2D eigenvalue weighted by molar-refractivity contribution is 5.93. The van der Waals surface area contributed by atoms with E-state index in [1.807, 2.05) is 36.4 Å². The van der Waals surface area contributed by atoms with E-state index in [2.05, 4.69) is 29.5 Å². The smallest absolute Gasteiger partial charge is 0.255 e. The maximum atomic E-state index is 12.8. The van der Waals surface area contributed by atoms with Crippen LogP contribution in [0.1, 0.15) is 27.3 Å². The van der Waals surface area contributed by atoms with Gasteiger partial charge >= 0.3 is 0 Å². The van der Waals surface area contributed by atoms with Gasteiger partial charge in [0, 0.05) is 19.4 Å². The molecule has 4 rings (SSSR count). The van der Waals surface area contributed by atoms with Crippen LogP contribution in [0.4, 0.5) is 0 Å². The highest BCUT2D eigenvalue weighted by atomic mass is 16.5. The van der Waals surface area contributed by atoms with Gasteiger partial charge in [0.05, 0.1) is 29.7 Å². The Hall–Kier alpha value is -3.67. The number of ether oxygens (including phenoxy) is 1. The van der Waals surface area contributed by atoms with Crippen molar-refractivity contribution in [2.45, 2.75) is 26.9 Å². The monoisotopic (exact) mass is 414 g/mol. The third-order valence-electron chi connectivity index (χ3n) is 5.15. The minimum atomic E-state index is -0.0850. The first-order chi connectivity index (χ1) is 15.0. The predicted octanol–water partition coefficient (Wildman–Crippen LogP) is 4.40. The van der Waals surface area contributed by atoms with Gasteiger partial charge in [0.25, 0.3) is 5.91 Å². The summed E-state index contributed by atoms with van der Waals surface area (Å²) in [5, 5.41) is 0. The van der Waals surface area contributed by atoms with E-state index in [0.717, 1.165) is 22.6 Å². The second-order valence-corrected chi connectivity index (χ2v) is 7.74. The number of fused-ring (bicyclic) bond motifs is 1. The van der Waals surface area contributed by atoms with Gasteiger partial charge in [-0.3, -0.25) is 9.78 Å². The lowest BCUT2D eigenvalue weighted by Crippen LogP contribution is -2.28. The SMILES string of the molecule is Cc1cc(C)cc(OCCn2c(CN(C)C(=O)c3cccnc3)nc3ccccc32)c1. The summed E-state index contributed by atoms with van der Waals surface area (Å²) in [6.07, 6.45) is 3.24. The number of amides is 1. The van der Waals surface area contributed by atoms with E-state index in [4.69, 9.17) is 9.72 Å². The largest absolute Gasteiger partial charge is 0.492 e. The normalized spacial score (nSPS) is 10.9. The molecule has 0 aliphatic heterocycles. The van der Waals surface area contributed by atoms with Crippen molar-refractivity contribution in [1.29, 1.82) is 0 Å². The number of hydrogen-bond donors (Lipinski definition) is 0. The minimum Gasteiger partial charge on any atom is -0.492 e. The van der Waals surface area contributed by atoms with Crippen LogP contribution in [0.15, 0.2) is 67.0 Å². The van der Waals surface area contributed by atoms with Crippen molar-refractivity contribution < 1.29 is 9.53 Å². The molecular weight excluding hydrogens is 388 g/mol. The Kier molecular flexibility index (Phi) is 5.98. The topological polar surface area (TPSA) is 60.2 Å². The summed E-state index contributed by atoms with van der Waals surface area (Å²) >= 11 is 0. The summed E-state index contributed by atoms with van der Waals surface area (Å²) in [7, 11) is 1.78. The van der Waals surface area contributed by atoms with Gasteiger partial charge in [-0.25, -0.2) is 4.98 Å². The van der Waals surface area contributed by atoms with Crippen molar-refractivity contribution in [1.82, 2.24) is 19.4 Å². The number of hydrogen-bond acceptors (Lipinski definition) is 4. The third-order valence-corrected chi connectivity index (χ3v) is 5.15. The number of para-hydroxylation sites is 2. The molecule has 6 heteroatoms. The minimum absolute atomic E-state index is 0.0850. The first-order valence-electron chi connectivity index (χ1n) is 10.3. The highest BCUT2D eigenvalue weighted by Gasteiger charge is 2.17. The van der Waals surface area contributed by atoms with Gasteiger partial charge in [-0.1, -0.05) is 18.2 Å². The van der Waals surface area contributed by atoms with E-state index in [1.165, 1.54) is 11.1 Å².